The van der Waals surface area contributed by atoms with Crippen LogP contribution in [-0.2, 0) is 20.1 Å². The first-order chi connectivity index (χ1) is 16.4. The molecular formula is C22H21F2N9O. The molecule has 1 aliphatic heterocycles. The Bertz CT molecular complexity index is 1360. The van der Waals surface area contributed by atoms with Gasteiger partial charge in [0.1, 0.15) is 11.5 Å². The lowest BCUT2D eigenvalue weighted by Gasteiger charge is -2.27. The van der Waals surface area contributed by atoms with Crippen molar-refractivity contribution in [2.45, 2.75) is 26.4 Å². The molecule has 1 amide bonds. The summed E-state index contributed by atoms with van der Waals surface area (Å²) in [6, 6.07) is 4.40. The number of rotatable bonds is 6. The number of carbonyl (C=O) groups excluding carboxylic acids is 1. The third-order valence-corrected chi connectivity index (χ3v) is 5.59. The van der Waals surface area contributed by atoms with E-state index < -0.39 is 6.43 Å². The highest BCUT2D eigenvalue weighted by molar-refractivity contribution is 5.92. The van der Waals surface area contributed by atoms with Crippen molar-refractivity contribution in [2.24, 2.45) is 7.05 Å². The van der Waals surface area contributed by atoms with Crippen molar-refractivity contribution >= 4 is 17.7 Å². The van der Waals surface area contributed by atoms with Gasteiger partial charge in [0.2, 0.25) is 5.95 Å². The summed E-state index contributed by atoms with van der Waals surface area (Å²) in [5, 5.41) is 7.23. The summed E-state index contributed by atoms with van der Waals surface area (Å²) in [5.41, 5.74) is 2.25. The first-order valence-electron chi connectivity index (χ1n) is 10.6. The van der Waals surface area contributed by atoms with Crippen LogP contribution in [0.5, 0.6) is 0 Å². The number of pyridine rings is 1. The van der Waals surface area contributed by atoms with Crippen LogP contribution in [0.1, 0.15) is 33.9 Å². The van der Waals surface area contributed by atoms with E-state index in [1.54, 1.807) is 45.9 Å². The molecule has 1 aliphatic rings. The van der Waals surface area contributed by atoms with Crippen LogP contribution < -0.4 is 5.32 Å². The molecule has 0 radical (unpaired) electrons. The SMILES string of the molecule is Cc1cnc(Nc2ccnn2C)nc1-c1cn2c(n1)C(=O)N(Cc1cc(C(F)F)ccn1)CC2. The maximum absolute atomic E-state index is 13.1. The Hall–Kier alpha value is -4.22. The normalized spacial score (nSPS) is 13.4. The fourth-order valence-corrected chi connectivity index (χ4v) is 3.78. The van der Waals surface area contributed by atoms with Gasteiger partial charge in [-0.1, -0.05) is 0 Å². The number of aryl methyl sites for hydroxylation is 2. The van der Waals surface area contributed by atoms with Crippen LogP contribution >= 0.6 is 0 Å². The summed E-state index contributed by atoms with van der Waals surface area (Å²) >= 11 is 0. The van der Waals surface area contributed by atoms with E-state index in [1.807, 2.05) is 6.92 Å². The smallest absolute Gasteiger partial charge is 0.290 e. The van der Waals surface area contributed by atoms with Crippen molar-refractivity contribution in [3.05, 3.63) is 65.6 Å². The molecule has 4 aromatic heterocycles. The fraction of sp³-hybridized carbons (Fsp3) is 0.273. The fourth-order valence-electron chi connectivity index (χ4n) is 3.78. The van der Waals surface area contributed by atoms with E-state index >= 15 is 0 Å². The molecule has 174 valence electrons. The van der Waals surface area contributed by atoms with Gasteiger partial charge in [0.05, 0.1) is 24.1 Å². The Balaban J connectivity index is 1.39. The number of aromatic nitrogens is 7. The van der Waals surface area contributed by atoms with Crippen LogP contribution in [0.2, 0.25) is 0 Å². The summed E-state index contributed by atoms with van der Waals surface area (Å²) in [5.74, 6) is 1.09. The number of fused-ring (bicyclic) bond motifs is 1. The van der Waals surface area contributed by atoms with Crippen molar-refractivity contribution in [2.75, 3.05) is 11.9 Å². The predicted molar refractivity (Wildman–Crippen MR) is 118 cm³/mol. The molecule has 5 rings (SSSR count). The molecule has 4 aromatic rings. The largest absolute Gasteiger partial charge is 0.328 e. The minimum atomic E-state index is -2.59. The number of hydrogen-bond donors (Lipinski definition) is 1. The Morgan fingerprint density at radius 3 is 2.76 bits per heavy atom. The molecule has 34 heavy (non-hydrogen) atoms. The van der Waals surface area contributed by atoms with Gasteiger partial charge in [-0.2, -0.15) is 5.10 Å². The van der Waals surface area contributed by atoms with E-state index in [-0.39, 0.29) is 23.8 Å². The molecule has 0 saturated heterocycles. The third-order valence-electron chi connectivity index (χ3n) is 5.59. The van der Waals surface area contributed by atoms with E-state index in [0.29, 0.717) is 36.1 Å². The zero-order valence-corrected chi connectivity index (χ0v) is 18.5. The van der Waals surface area contributed by atoms with E-state index in [0.717, 1.165) is 11.4 Å². The molecule has 0 atom stereocenters. The summed E-state index contributed by atoms with van der Waals surface area (Å²) < 4.78 is 29.5. The first kappa shape index (κ1) is 21.6. The van der Waals surface area contributed by atoms with E-state index in [4.69, 9.17) is 0 Å². The number of nitrogens with one attached hydrogen (secondary N) is 1. The maximum Gasteiger partial charge on any atom is 0.290 e. The molecule has 12 heteroatoms. The van der Waals surface area contributed by atoms with Gasteiger partial charge in [-0.15, -0.1) is 0 Å². The van der Waals surface area contributed by atoms with E-state index in [2.05, 4.69) is 30.4 Å². The molecule has 0 spiro atoms. The van der Waals surface area contributed by atoms with Crippen molar-refractivity contribution < 1.29 is 13.6 Å². The number of alkyl halides is 2. The van der Waals surface area contributed by atoms with Crippen molar-refractivity contribution in [1.29, 1.82) is 0 Å². The van der Waals surface area contributed by atoms with Crippen LogP contribution in [0.15, 0.2) is 43.0 Å². The molecule has 1 N–H and O–H groups in total. The third kappa shape index (κ3) is 4.09. The van der Waals surface area contributed by atoms with E-state index in [1.165, 1.54) is 18.3 Å². The second-order valence-corrected chi connectivity index (χ2v) is 7.94. The molecule has 0 fully saturated rings. The van der Waals surface area contributed by atoms with E-state index in [9.17, 15) is 13.6 Å². The molecule has 0 unspecified atom stereocenters. The molecule has 0 aromatic carbocycles. The van der Waals surface area contributed by atoms with Crippen molar-refractivity contribution in [1.82, 2.24) is 39.2 Å². The molecule has 0 bridgehead atoms. The van der Waals surface area contributed by atoms with Gasteiger partial charge in [-0.3, -0.25) is 14.5 Å². The van der Waals surface area contributed by atoms with Gasteiger partial charge in [-0.05, 0) is 24.6 Å². The van der Waals surface area contributed by atoms with Crippen LogP contribution in [-0.4, -0.2) is 51.6 Å². The number of halogens is 2. The van der Waals surface area contributed by atoms with Crippen LogP contribution in [0, 0.1) is 6.92 Å². The quantitative estimate of drug-likeness (QED) is 0.466. The highest BCUT2D eigenvalue weighted by atomic mass is 19.3. The van der Waals surface area contributed by atoms with Gasteiger partial charge >= 0.3 is 0 Å². The van der Waals surface area contributed by atoms with Crippen LogP contribution in [0.25, 0.3) is 11.4 Å². The number of nitrogens with zero attached hydrogens (tertiary/aromatic N) is 8. The summed E-state index contributed by atoms with van der Waals surface area (Å²) in [7, 11) is 1.80. The minimum absolute atomic E-state index is 0.118. The topological polar surface area (TPSA) is 107 Å². The number of hydrogen-bond acceptors (Lipinski definition) is 7. The Morgan fingerprint density at radius 1 is 1.15 bits per heavy atom. The second-order valence-electron chi connectivity index (χ2n) is 7.94. The average molecular weight is 465 g/mol. The van der Waals surface area contributed by atoms with Crippen molar-refractivity contribution in [3.8, 4) is 11.4 Å². The summed E-state index contributed by atoms with van der Waals surface area (Å²) in [4.78, 5) is 32.3. The molecule has 10 nitrogen and oxygen atoms in total. The first-order valence-corrected chi connectivity index (χ1v) is 10.6. The average Bonchev–Trinajstić information content (AvgIpc) is 3.44. The Kier molecular flexibility index (Phi) is 5.48. The van der Waals surface area contributed by atoms with Gasteiger partial charge in [-0.25, -0.2) is 23.7 Å². The minimum Gasteiger partial charge on any atom is -0.328 e. The standard InChI is InChI=1S/C22H21F2N9O/c1-13-10-26-22(29-17-4-6-27-31(17)2)30-18(13)16-12-32-7-8-33(21(34)20(32)28-16)11-15-9-14(19(23)24)3-5-25-15/h3-6,9-10,12,19H,7-8,11H2,1-2H3,(H,26,29,30). The number of imidazole rings is 1. The lowest BCUT2D eigenvalue weighted by molar-refractivity contribution is 0.0680. The molecular weight excluding hydrogens is 444 g/mol. The van der Waals surface area contributed by atoms with Gasteiger partial charge in [0, 0.05) is 50.4 Å². The maximum atomic E-state index is 13.1. The molecule has 0 saturated carbocycles. The van der Waals surface area contributed by atoms with Crippen LogP contribution in [0.3, 0.4) is 0 Å². The van der Waals surface area contributed by atoms with Gasteiger partial charge in [0.25, 0.3) is 12.3 Å². The Morgan fingerprint density at radius 2 is 2.00 bits per heavy atom. The predicted octanol–water partition coefficient (Wildman–Crippen LogP) is 3.11. The number of amides is 1. The Labute approximate surface area is 193 Å². The summed E-state index contributed by atoms with van der Waals surface area (Å²) in [6.45, 7) is 2.94. The second kappa shape index (κ2) is 8.61. The highest BCUT2D eigenvalue weighted by Crippen LogP contribution is 2.25. The van der Waals surface area contributed by atoms with Gasteiger partial charge < -0.3 is 14.8 Å². The molecule has 5 heterocycles. The zero-order chi connectivity index (χ0) is 23.8. The highest BCUT2D eigenvalue weighted by Gasteiger charge is 2.28. The molecule has 0 aliphatic carbocycles. The summed E-state index contributed by atoms with van der Waals surface area (Å²) in [6.07, 6.45) is 3.89. The lowest BCUT2D eigenvalue weighted by Crippen LogP contribution is -2.40. The monoisotopic (exact) mass is 465 g/mol. The zero-order valence-electron chi connectivity index (χ0n) is 18.5. The van der Waals surface area contributed by atoms with Gasteiger partial charge in [0.15, 0.2) is 5.82 Å². The number of anilines is 2. The number of carbonyl (C=O) groups is 1. The van der Waals surface area contributed by atoms with Crippen molar-refractivity contribution in [3.63, 3.8) is 0 Å². The van der Waals surface area contributed by atoms with Crippen LogP contribution in [0.4, 0.5) is 20.5 Å². The lowest BCUT2D eigenvalue weighted by atomic mass is 10.2.